The molecule has 0 spiro atoms. The summed E-state index contributed by atoms with van der Waals surface area (Å²) in [7, 11) is 0. The van der Waals surface area contributed by atoms with E-state index in [0.717, 1.165) is 15.6 Å². The van der Waals surface area contributed by atoms with Crippen molar-refractivity contribution in [3.63, 3.8) is 0 Å². The fourth-order valence-corrected chi connectivity index (χ4v) is 4.57. The van der Waals surface area contributed by atoms with Gasteiger partial charge in [0.2, 0.25) is 5.91 Å². The molecule has 0 aliphatic carbocycles. The van der Waals surface area contributed by atoms with Gasteiger partial charge >= 0.3 is 0 Å². The van der Waals surface area contributed by atoms with E-state index in [9.17, 15) is 4.79 Å². The molecule has 32 heavy (non-hydrogen) atoms. The second-order valence-corrected chi connectivity index (χ2v) is 8.83. The standard InChI is InChI=1S/C25H22ClN3O2S/c26-17-8-4-9-18(14-17)29-24(30)13-12-20(16-6-2-1-3-7-16)31-21-10-5-11-22-19(21)15-23(32-22)25(27)28/h1-11,14-15,20H,12-13H2,(H3,27,28)(H,29,30). The number of rotatable bonds is 8. The van der Waals surface area contributed by atoms with Crippen LogP contribution in [0.15, 0.2) is 78.9 Å². The number of nitrogen functional groups attached to an aromatic ring is 1. The van der Waals surface area contributed by atoms with Gasteiger partial charge in [0.25, 0.3) is 0 Å². The number of benzene rings is 3. The molecule has 0 bridgehead atoms. The monoisotopic (exact) mass is 463 g/mol. The number of nitrogens with one attached hydrogen (secondary N) is 2. The van der Waals surface area contributed by atoms with Crippen LogP contribution in [0.4, 0.5) is 5.69 Å². The Morgan fingerprint density at radius 1 is 1.06 bits per heavy atom. The van der Waals surface area contributed by atoms with Gasteiger partial charge < -0.3 is 15.8 Å². The lowest BCUT2D eigenvalue weighted by Crippen LogP contribution is -2.15. The number of carbonyl (C=O) groups is 1. The second kappa shape index (κ2) is 9.85. The van der Waals surface area contributed by atoms with Crippen molar-refractivity contribution in [2.24, 2.45) is 5.73 Å². The quantitative estimate of drug-likeness (QED) is 0.209. The molecule has 0 aliphatic rings. The predicted octanol–water partition coefficient (Wildman–Crippen LogP) is 6.38. The van der Waals surface area contributed by atoms with Crippen molar-refractivity contribution in [3.05, 3.63) is 94.3 Å². The largest absolute Gasteiger partial charge is 0.485 e. The summed E-state index contributed by atoms with van der Waals surface area (Å²) in [4.78, 5) is 13.3. The number of halogens is 1. The summed E-state index contributed by atoms with van der Waals surface area (Å²) in [5.74, 6) is 0.634. The van der Waals surface area contributed by atoms with Gasteiger partial charge in [-0.1, -0.05) is 54.1 Å². The highest BCUT2D eigenvalue weighted by Crippen LogP contribution is 2.36. The van der Waals surface area contributed by atoms with Crippen molar-refractivity contribution in [1.29, 1.82) is 5.41 Å². The Hall–Kier alpha value is -3.35. The summed E-state index contributed by atoms with van der Waals surface area (Å²) in [5.41, 5.74) is 7.33. The van der Waals surface area contributed by atoms with Crippen molar-refractivity contribution in [2.75, 3.05) is 5.32 Å². The zero-order valence-electron chi connectivity index (χ0n) is 17.2. The molecule has 1 aromatic heterocycles. The summed E-state index contributed by atoms with van der Waals surface area (Å²) in [6.45, 7) is 0. The van der Waals surface area contributed by atoms with E-state index >= 15 is 0 Å². The summed E-state index contributed by atoms with van der Waals surface area (Å²) in [6.07, 6.45) is 0.466. The Morgan fingerprint density at radius 2 is 1.84 bits per heavy atom. The van der Waals surface area contributed by atoms with Gasteiger partial charge in [0.15, 0.2) is 0 Å². The molecule has 4 rings (SSSR count). The fraction of sp³-hybridized carbons (Fsp3) is 0.120. The van der Waals surface area contributed by atoms with Gasteiger partial charge in [-0.05, 0) is 48.4 Å². The van der Waals surface area contributed by atoms with E-state index in [4.69, 9.17) is 27.5 Å². The molecule has 162 valence electrons. The first-order valence-electron chi connectivity index (χ1n) is 10.1. The van der Waals surface area contributed by atoms with E-state index in [1.165, 1.54) is 11.3 Å². The lowest BCUT2D eigenvalue weighted by Gasteiger charge is -2.20. The van der Waals surface area contributed by atoms with Gasteiger partial charge in [-0.25, -0.2) is 0 Å². The van der Waals surface area contributed by atoms with Crippen LogP contribution in [0.5, 0.6) is 5.75 Å². The van der Waals surface area contributed by atoms with Crippen molar-refractivity contribution < 1.29 is 9.53 Å². The molecular formula is C25H22ClN3O2S. The number of amidine groups is 1. The second-order valence-electron chi connectivity index (χ2n) is 7.31. The van der Waals surface area contributed by atoms with Crippen LogP contribution in [0.3, 0.4) is 0 Å². The molecule has 1 unspecified atom stereocenters. The molecule has 1 amide bonds. The van der Waals surface area contributed by atoms with E-state index in [-0.39, 0.29) is 24.3 Å². The van der Waals surface area contributed by atoms with Crippen LogP contribution in [-0.2, 0) is 4.79 Å². The Labute approximate surface area is 195 Å². The minimum atomic E-state index is -0.312. The maximum atomic E-state index is 12.6. The number of thiophene rings is 1. The molecule has 0 aliphatic heterocycles. The number of hydrogen-bond donors (Lipinski definition) is 3. The highest BCUT2D eigenvalue weighted by Gasteiger charge is 2.18. The van der Waals surface area contributed by atoms with Crippen LogP contribution in [0.2, 0.25) is 5.02 Å². The van der Waals surface area contributed by atoms with E-state index in [1.807, 2.05) is 54.6 Å². The molecule has 0 radical (unpaired) electrons. The number of anilines is 1. The smallest absolute Gasteiger partial charge is 0.224 e. The number of amides is 1. The van der Waals surface area contributed by atoms with Crippen molar-refractivity contribution in [2.45, 2.75) is 18.9 Å². The summed E-state index contributed by atoms with van der Waals surface area (Å²) in [5, 5.41) is 12.1. The van der Waals surface area contributed by atoms with Crippen LogP contribution >= 0.6 is 22.9 Å². The number of carbonyl (C=O) groups excluding carboxylic acids is 1. The Morgan fingerprint density at radius 3 is 2.59 bits per heavy atom. The molecule has 0 saturated carbocycles. The number of ether oxygens (including phenoxy) is 1. The van der Waals surface area contributed by atoms with Crippen molar-refractivity contribution >= 4 is 50.5 Å². The average molecular weight is 464 g/mol. The summed E-state index contributed by atoms with van der Waals surface area (Å²) < 4.78 is 7.42. The molecular weight excluding hydrogens is 442 g/mol. The molecule has 4 aromatic rings. The van der Waals surface area contributed by atoms with E-state index in [2.05, 4.69) is 5.32 Å². The average Bonchev–Trinajstić information content (AvgIpc) is 3.23. The zero-order chi connectivity index (χ0) is 22.5. The summed E-state index contributed by atoms with van der Waals surface area (Å²) in [6, 6.07) is 24.6. The highest BCUT2D eigenvalue weighted by molar-refractivity contribution is 7.20. The van der Waals surface area contributed by atoms with Gasteiger partial charge in [-0.3, -0.25) is 10.2 Å². The molecule has 0 saturated heterocycles. The Bertz CT molecular complexity index is 1260. The molecule has 1 heterocycles. The van der Waals surface area contributed by atoms with Gasteiger partial charge in [-0.2, -0.15) is 0 Å². The van der Waals surface area contributed by atoms with Crippen LogP contribution in [0.25, 0.3) is 10.1 Å². The fourth-order valence-electron chi connectivity index (χ4n) is 3.44. The van der Waals surface area contributed by atoms with Gasteiger partial charge in [-0.15, -0.1) is 11.3 Å². The Kier molecular flexibility index (Phi) is 6.73. The molecule has 0 fully saturated rings. The topological polar surface area (TPSA) is 88.2 Å². The third-order valence-electron chi connectivity index (χ3n) is 4.97. The third kappa shape index (κ3) is 5.28. The lowest BCUT2D eigenvalue weighted by molar-refractivity contribution is -0.116. The van der Waals surface area contributed by atoms with Crippen LogP contribution in [-0.4, -0.2) is 11.7 Å². The highest BCUT2D eigenvalue weighted by atomic mass is 35.5. The number of nitrogens with two attached hydrogens (primary N) is 1. The van der Waals surface area contributed by atoms with Gasteiger partial charge in [0.05, 0.1) is 4.88 Å². The van der Waals surface area contributed by atoms with Crippen LogP contribution in [0, 0.1) is 5.41 Å². The van der Waals surface area contributed by atoms with E-state index in [1.54, 1.807) is 24.3 Å². The first kappa shape index (κ1) is 21.9. The lowest BCUT2D eigenvalue weighted by atomic mass is 10.0. The van der Waals surface area contributed by atoms with Crippen molar-refractivity contribution in [3.8, 4) is 5.75 Å². The maximum Gasteiger partial charge on any atom is 0.224 e. The minimum absolute atomic E-state index is 0.0365. The van der Waals surface area contributed by atoms with Crippen molar-refractivity contribution in [1.82, 2.24) is 0 Å². The molecule has 1 atom stereocenters. The van der Waals surface area contributed by atoms with Gasteiger partial charge in [0.1, 0.15) is 17.7 Å². The zero-order valence-corrected chi connectivity index (χ0v) is 18.7. The first-order chi connectivity index (χ1) is 15.5. The Balaban J connectivity index is 1.54. The molecule has 4 N–H and O–H groups in total. The third-order valence-corrected chi connectivity index (χ3v) is 6.34. The number of hydrogen-bond acceptors (Lipinski definition) is 4. The molecule has 5 nitrogen and oxygen atoms in total. The summed E-state index contributed by atoms with van der Waals surface area (Å²) >= 11 is 7.46. The predicted molar refractivity (Wildman–Crippen MR) is 132 cm³/mol. The maximum absolute atomic E-state index is 12.6. The van der Waals surface area contributed by atoms with Crippen LogP contribution in [0.1, 0.15) is 29.4 Å². The van der Waals surface area contributed by atoms with Gasteiger partial charge in [0, 0.05) is 27.2 Å². The molecule has 3 aromatic carbocycles. The first-order valence-corrected chi connectivity index (χ1v) is 11.3. The number of fused-ring (bicyclic) bond motifs is 1. The normalized spacial score (nSPS) is 11.8. The van der Waals surface area contributed by atoms with E-state index < -0.39 is 0 Å². The van der Waals surface area contributed by atoms with Crippen LogP contribution < -0.4 is 15.8 Å². The molecule has 7 heteroatoms. The van der Waals surface area contributed by atoms with E-state index in [0.29, 0.717) is 27.8 Å². The minimum Gasteiger partial charge on any atom is -0.485 e. The SMILES string of the molecule is N=C(N)c1cc2c(OC(CCC(=O)Nc3cccc(Cl)c3)c3ccccc3)cccc2s1.